The molecule has 4 rings (SSSR count). The van der Waals surface area contributed by atoms with Crippen LogP contribution in [0.1, 0.15) is 21.5 Å². The maximum atomic E-state index is 12.9. The Morgan fingerprint density at radius 1 is 0.962 bits per heavy atom. The fourth-order valence-electron chi connectivity index (χ4n) is 3.36. The minimum atomic E-state index is -0.0779. The SMILES string of the molecule is O=C(/C=C1\c2ccccc2C(=O)N1Cc1ccccc1)N1CCOCC1. The van der Waals surface area contributed by atoms with E-state index in [2.05, 4.69) is 0 Å². The van der Waals surface area contributed by atoms with E-state index < -0.39 is 0 Å². The summed E-state index contributed by atoms with van der Waals surface area (Å²) in [5.74, 6) is -0.142. The summed E-state index contributed by atoms with van der Waals surface area (Å²) in [6, 6.07) is 17.3. The predicted octanol–water partition coefficient (Wildman–Crippen LogP) is 2.54. The van der Waals surface area contributed by atoms with Crippen LogP contribution in [0, 0.1) is 0 Å². The lowest BCUT2D eigenvalue weighted by molar-refractivity contribution is -0.129. The van der Waals surface area contributed by atoms with Crippen molar-refractivity contribution in [3.8, 4) is 0 Å². The van der Waals surface area contributed by atoms with Crippen molar-refractivity contribution < 1.29 is 14.3 Å². The molecule has 0 aromatic heterocycles. The molecule has 2 amide bonds. The molecule has 0 unspecified atom stereocenters. The van der Waals surface area contributed by atoms with Crippen LogP contribution in [0.5, 0.6) is 0 Å². The van der Waals surface area contributed by atoms with Gasteiger partial charge in [-0.15, -0.1) is 0 Å². The zero-order chi connectivity index (χ0) is 17.9. The predicted molar refractivity (Wildman–Crippen MR) is 98.1 cm³/mol. The lowest BCUT2D eigenvalue weighted by atomic mass is 10.1. The van der Waals surface area contributed by atoms with Gasteiger partial charge in [0.25, 0.3) is 5.91 Å². The molecule has 0 aliphatic carbocycles. The summed E-state index contributed by atoms with van der Waals surface area (Å²) in [5, 5.41) is 0. The molecule has 2 aromatic carbocycles. The van der Waals surface area contributed by atoms with Crippen molar-refractivity contribution in [2.45, 2.75) is 6.54 Å². The number of hydrogen-bond acceptors (Lipinski definition) is 3. The number of fused-ring (bicyclic) bond motifs is 1. The fourth-order valence-corrected chi connectivity index (χ4v) is 3.36. The van der Waals surface area contributed by atoms with Crippen LogP contribution in [0.3, 0.4) is 0 Å². The van der Waals surface area contributed by atoms with Gasteiger partial charge in [0.05, 0.1) is 25.5 Å². The van der Waals surface area contributed by atoms with Crippen LogP contribution in [0.4, 0.5) is 0 Å². The maximum absolute atomic E-state index is 12.9. The molecule has 0 N–H and O–H groups in total. The first-order valence-corrected chi connectivity index (χ1v) is 8.77. The van der Waals surface area contributed by atoms with Gasteiger partial charge in [0.1, 0.15) is 0 Å². The fraction of sp³-hybridized carbons (Fsp3) is 0.238. The smallest absolute Gasteiger partial charge is 0.259 e. The third kappa shape index (κ3) is 3.13. The van der Waals surface area contributed by atoms with E-state index in [1.165, 1.54) is 0 Å². The summed E-state index contributed by atoms with van der Waals surface area (Å²) in [6.07, 6.45) is 1.60. The van der Waals surface area contributed by atoms with E-state index in [0.717, 1.165) is 11.1 Å². The number of nitrogens with zero attached hydrogens (tertiary/aromatic N) is 2. The Hall–Kier alpha value is -2.92. The Labute approximate surface area is 152 Å². The standard InChI is InChI=1S/C21H20N2O3/c24-20(22-10-12-26-13-11-22)14-19-17-8-4-5-9-18(17)21(25)23(19)15-16-6-2-1-3-7-16/h1-9,14H,10-13,15H2/b19-14+. The lowest BCUT2D eigenvalue weighted by Crippen LogP contribution is -2.40. The van der Waals surface area contributed by atoms with Gasteiger partial charge < -0.3 is 14.5 Å². The molecule has 2 aliphatic rings. The van der Waals surface area contributed by atoms with E-state index >= 15 is 0 Å². The third-order valence-corrected chi connectivity index (χ3v) is 4.74. The molecule has 5 nitrogen and oxygen atoms in total. The van der Waals surface area contributed by atoms with Gasteiger partial charge in [0.15, 0.2) is 0 Å². The number of ether oxygens (including phenoxy) is 1. The highest BCUT2D eigenvalue weighted by Gasteiger charge is 2.33. The molecule has 2 heterocycles. The second kappa shape index (κ2) is 7.14. The molecule has 0 spiro atoms. The van der Waals surface area contributed by atoms with Crippen LogP contribution in [-0.4, -0.2) is 47.9 Å². The Kier molecular flexibility index (Phi) is 4.54. The van der Waals surface area contributed by atoms with Crippen molar-refractivity contribution in [1.82, 2.24) is 9.80 Å². The average Bonchev–Trinajstić information content (AvgIpc) is 2.95. The number of carbonyl (C=O) groups is 2. The van der Waals surface area contributed by atoms with Crippen molar-refractivity contribution in [1.29, 1.82) is 0 Å². The van der Waals surface area contributed by atoms with Gasteiger partial charge in [-0.05, 0) is 11.6 Å². The zero-order valence-corrected chi connectivity index (χ0v) is 14.4. The van der Waals surface area contributed by atoms with E-state index in [9.17, 15) is 9.59 Å². The molecular formula is C21H20N2O3. The Balaban J connectivity index is 1.68. The normalized spacial score (nSPS) is 18.3. The first kappa shape index (κ1) is 16.5. The molecule has 0 bridgehead atoms. The van der Waals surface area contributed by atoms with E-state index in [0.29, 0.717) is 44.1 Å². The van der Waals surface area contributed by atoms with Crippen molar-refractivity contribution in [2.24, 2.45) is 0 Å². The van der Waals surface area contributed by atoms with Gasteiger partial charge >= 0.3 is 0 Å². The minimum Gasteiger partial charge on any atom is -0.378 e. The Bertz CT molecular complexity index is 855. The molecule has 26 heavy (non-hydrogen) atoms. The Morgan fingerprint density at radius 2 is 1.62 bits per heavy atom. The molecule has 2 aromatic rings. The molecule has 1 fully saturated rings. The van der Waals surface area contributed by atoms with E-state index in [1.807, 2.05) is 54.6 Å². The topological polar surface area (TPSA) is 49.9 Å². The van der Waals surface area contributed by atoms with E-state index in [4.69, 9.17) is 4.74 Å². The summed E-state index contributed by atoms with van der Waals surface area (Å²) in [7, 11) is 0. The van der Waals surface area contributed by atoms with Crippen LogP contribution in [-0.2, 0) is 16.1 Å². The van der Waals surface area contributed by atoms with Gasteiger partial charge in [-0.1, -0.05) is 48.5 Å². The highest BCUT2D eigenvalue weighted by molar-refractivity contribution is 6.12. The van der Waals surface area contributed by atoms with Crippen LogP contribution < -0.4 is 0 Å². The van der Waals surface area contributed by atoms with Crippen LogP contribution >= 0.6 is 0 Å². The number of benzene rings is 2. The van der Waals surface area contributed by atoms with Crippen molar-refractivity contribution >= 4 is 17.5 Å². The largest absolute Gasteiger partial charge is 0.378 e. The number of carbonyl (C=O) groups excluding carboxylic acids is 2. The Morgan fingerprint density at radius 3 is 2.35 bits per heavy atom. The van der Waals surface area contributed by atoms with E-state index in [-0.39, 0.29) is 11.8 Å². The zero-order valence-electron chi connectivity index (χ0n) is 14.4. The summed E-state index contributed by atoms with van der Waals surface area (Å²) in [6.45, 7) is 2.71. The second-order valence-corrected chi connectivity index (χ2v) is 6.39. The molecular weight excluding hydrogens is 328 g/mol. The summed E-state index contributed by atoms with van der Waals surface area (Å²) in [5.41, 5.74) is 3.16. The van der Waals surface area contributed by atoms with Crippen molar-refractivity contribution in [3.05, 3.63) is 77.4 Å². The van der Waals surface area contributed by atoms with Crippen LogP contribution in [0.25, 0.3) is 5.70 Å². The quantitative estimate of drug-likeness (QED) is 0.801. The highest BCUT2D eigenvalue weighted by Crippen LogP contribution is 2.34. The molecule has 5 heteroatoms. The second-order valence-electron chi connectivity index (χ2n) is 6.39. The molecule has 132 valence electrons. The number of hydrogen-bond donors (Lipinski definition) is 0. The van der Waals surface area contributed by atoms with E-state index in [1.54, 1.807) is 15.9 Å². The van der Waals surface area contributed by atoms with Gasteiger partial charge in [0, 0.05) is 30.3 Å². The number of rotatable bonds is 3. The van der Waals surface area contributed by atoms with Crippen LogP contribution in [0.2, 0.25) is 0 Å². The number of amides is 2. The third-order valence-electron chi connectivity index (χ3n) is 4.74. The van der Waals surface area contributed by atoms with Gasteiger partial charge in [-0.25, -0.2) is 0 Å². The first-order chi connectivity index (χ1) is 12.7. The van der Waals surface area contributed by atoms with Crippen molar-refractivity contribution in [3.63, 3.8) is 0 Å². The monoisotopic (exact) mass is 348 g/mol. The summed E-state index contributed by atoms with van der Waals surface area (Å²) < 4.78 is 5.31. The van der Waals surface area contributed by atoms with Gasteiger partial charge in [-0.3, -0.25) is 9.59 Å². The molecule has 0 atom stereocenters. The van der Waals surface area contributed by atoms with Crippen molar-refractivity contribution in [2.75, 3.05) is 26.3 Å². The van der Waals surface area contributed by atoms with Crippen LogP contribution in [0.15, 0.2) is 60.7 Å². The summed E-state index contributed by atoms with van der Waals surface area (Å²) >= 11 is 0. The molecule has 0 radical (unpaired) electrons. The number of morpholine rings is 1. The minimum absolute atomic E-state index is 0.0644. The molecule has 2 aliphatic heterocycles. The van der Waals surface area contributed by atoms with Gasteiger partial charge in [-0.2, -0.15) is 0 Å². The average molecular weight is 348 g/mol. The molecule has 0 saturated carbocycles. The summed E-state index contributed by atoms with van der Waals surface area (Å²) in [4.78, 5) is 29.1. The first-order valence-electron chi connectivity index (χ1n) is 8.77. The highest BCUT2D eigenvalue weighted by atomic mass is 16.5. The molecule has 1 saturated heterocycles. The maximum Gasteiger partial charge on any atom is 0.259 e. The van der Waals surface area contributed by atoms with Gasteiger partial charge in [0.2, 0.25) is 5.91 Å². The lowest BCUT2D eigenvalue weighted by Gasteiger charge is -2.26.